The molecule has 0 amide bonds. The molecule has 13 heavy (non-hydrogen) atoms. The van der Waals surface area contributed by atoms with Gasteiger partial charge in [-0.3, -0.25) is 9.98 Å². The van der Waals surface area contributed by atoms with Crippen LogP contribution in [0, 0.1) is 0 Å². The minimum atomic E-state index is 0.587. The van der Waals surface area contributed by atoms with Gasteiger partial charge in [0.1, 0.15) is 0 Å². The van der Waals surface area contributed by atoms with Crippen molar-refractivity contribution < 1.29 is 4.74 Å². The van der Waals surface area contributed by atoms with E-state index in [1.165, 1.54) is 0 Å². The Bertz CT molecular complexity index is 246. The SMILES string of the molecule is CCOCC=NCc1ccccn1. The topological polar surface area (TPSA) is 34.5 Å². The van der Waals surface area contributed by atoms with Gasteiger partial charge in [-0.2, -0.15) is 0 Å². The molecule has 0 N–H and O–H groups in total. The highest BCUT2D eigenvalue weighted by molar-refractivity contribution is 5.58. The molecule has 3 nitrogen and oxygen atoms in total. The Kier molecular flexibility index (Phi) is 4.79. The Morgan fingerprint density at radius 3 is 3.15 bits per heavy atom. The minimum absolute atomic E-state index is 0.587. The van der Waals surface area contributed by atoms with Crippen molar-refractivity contribution in [2.45, 2.75) is 13.5 Å². The van der Waals surface area contributed by atoms with E-state index in [9.17, 15) is 0 Å². The molecule has 0 saturated heterocycles. The first-order valence-corrected chi connectivity index (χ1v) is 4.39. The zero-order valence-electron chi connectivity index (χ0n) is 7.81. The Labute approximate surface area is 78.5 Å². The van der Waals surface area contributed by atoms with E-state index in [1.54, 1.807) is 12.4 Å². The number of hydrogen-bond donors (Lipinski definition) is 0. The summed E-state index contributed by atoms with van der Waals surface area (Å²) in [6.45, 7) is 3.92. The van der Waals surface area contributed by atoms with E-state index < -0.39 is 0 Å². The van der Waals surface area contributed by atoms with Crippen molar-refractivity contribution in [3.8, 4) is 0 Å². The third kappa shape index (κ3) is 4.38. The predicted molar refractivity (Wildman–Crippen MR) is 52.9 cm³/mol. The van der Waals surface area contributed by atoms with Crippen LogP contribution in [0.15, 0.2) is 29.4 Å². The predicted octanol–water partition coefficient (Wildman–Crippen LogP) is 1.69. The maximum absolute atomic E-state index is 5.10. The number of nitrogens with zero attached hydrogens (tertiary/aromatic N) is 2. The highest BCUT2D eigenvalue weighted by Crippen LogP contribution is 1.94. The number of ether oxygens (including phenoxy) is 1. The standard InChI is InChI=1S/C10H14N2O/c1-2-13-8-7-11-9-10-5-3-4-6-12-10/h3-7H,2,8-9H2,1H3. The molecule has 0 radical (unpaired) electrons. The van der Waals surface area contributed by atoms with Crippen molar-refractivity contribution in [1.82, 2.24) is 4.98 Å². The average Bonchev–Trinajstić information content (AvgIpc) is 2.19. The summed E-state index contributed by atoms with van der Waals surface area (Å²) < 4.78 is 5.10. The number of aromatic nitrogens is 1. The van der Waals surface area contributed by atoms with E-state index >= 15 is 0 Å². The maximum Gasteiger partial charge on any atom is 0.0814 e. The van der Waals surface area contributed by atoms with E-state index in [-0.39, 0.29) is 0 Å². The van der Waals surface area contributed by atoms with Crippen LogP contribution in [-0.2, 0) is 11.3 Å². The first kappa shape index (κ1) is 9.86. The summed E-state index contributed by atoms with van der Waals surface area (Å²) in [5, 5.41) is 0. The van der Waals surface area contributed by atoms with E-state index in [1.807, 2.05) is 25.1 Å². The fraction of sp³-hybridized carbons (Fsp3) is 0.400. The molecule has 1 rings (SSSR count). The smallest absolute Gasteiger partial charge is 0.0814 e. The van der Waals surface area contributed by atoms with E-state index in [0.29, 0.717) is 13.2 Å². The summed E-state index contributed by atoms with van der Waals surface area (Å²) in [7, 11) is 0. The van der Waals surface area contributed by atoms with Gasteiger partial charge in [0.15, 0.2) is 0 Å². The number of aliphatic imine (C=N–C) groups is 1. The quantitative estimate of drug-likeness (QED) is 0.508. The van der Waals surface area contributed by atoms with Crippen LogP contribution in [0.3, 0.4) is 0 Å². The molecule has 1 heterocycles. The molecular weight excluding hydrogens is 164 g/mol. The van der Waals surface area contributed by atoms with Crippen molar-refractivity contribution in [2.24, 2.45) is 4.99 Å². The van der Waals surface area contributed by atoms with Crippen molar-refractivity contribution >= 4 is 6.21 Å². The highest BCUT2D eigenvalue weighted by atomic mass is 16.5. The highest BCUT2D eigenvalue weighted by Gasteiger charge is 1.87. The third-order valence-corrected chi connectivity index (χ3v) is 1.51. The summed E-state index contributed by atoms with van der Waals surface area (Å²) >= 11 is 0. The van der Waals surface area contributed by atoms with Crippen LogP contribution in [-0.4, -0.2) is 24.4 Å². The molecule has 0 fully saturated rings. The number of rotatable bonds is 5. The van der Waals surface area contributed by atoms with Crippen LogP contribution in [0.25, 0.3) is 0 Å². The van der Waals surface area contributed by atoms with Crippen LogP contribution in [0.1, 0.15) is 12.6 Å². The molecule has 0 aliphatic carbocycles. The Balaban J connectivity index is 2.23. The van der Waals surface area contributed by atoms with Gasteiger partial charge in [0, 0.05) is 19.0 Å². The lowest BCUT2D eigenvalue weighted by molar-refractivity contribution is 0.190. The van der Waals surface area contributed by atoms with Crippen molar-refractivity contribution in [2.75, 3.05) is 13.2 Å². The number of pyridine rings is 1. The molecule has 1 aromatic rings. The van der Waals surface area contributed by atoms with Gasteiger partial charge in [0.2, 0.25) is 0 Å². The fourth-order valence-corrected chi connectivity index (χ4v) is 0.873. The molecule has 0 bridgehead atoms. The third-order valence-electron chi connectivity index (χ3n) is 1.51. The van der Waals surface area contributed by atoms with Gasteiger partial charge in [-0.15, -0.1) is 0 Å². The molecule has 0 spiro atoms. The molecule has 1 aromatic heterocycles. The summed E-state index contributed by atoms with van der Waals surface area (Å²) in [6.07, 6.45) is 3.55. The van der Waals surface area contributed by atoms with Gasteiger partial charge in [-0.25, -0.2) is 0 Å². The van der Waals surface area contributed by atoms with Crippen LogP contribution in [0.5, 0.6) is 0 Å². The van der Waals surface area contributed by atoms with Gasteiger partial charge < -0.3 is 4.74 Å². The van der Waals surface area contributed by atoms with Crippen LogP contribution in [0.2, 0.25) is 0 Å². The van der Waals surface area contributed by atoms with Crippen LogP contribution in [0.4, 0.5) is 0 Å². The summed E-state index contributed by atoms with van der Waals surface area (Å²) in [5.74, 6) is 0. The maximum atomic E-state index is 5.10. The lowest BCUT2D eigenvalue weighted by Gasteiger charge is -1.94. The molecule has 0 aliphatic heterocycles. The Morgan fingerprint density at radius 1 is 1.54 bits per heavy atom. The number of hydrogen-bond acceptors (Lipinski definition) is 3. The zero-order valence-corrected chi connectivity index (χ0v) is 7.81. The van der Waals surface area contributed by atoms with Crippen molar-refractivity contribution in [3.05, 3.63) is 30.1 Å². The van der Waals surface area contributed by atoms with E-state index in [4.69, 9.17) is 4.74 Å². The van der Waals surface area contributed by atoms with Crippen LogP contribution >= 0.6 is 0 Å². The largest absolute Gasteiger partial charge is 0.376 e. The summed E-state index contributed by atoms with van der Waals surface area (Å²) in [5.41, 5.74) is 0.982. The van der Waals surface area contributed by atoms with E-state index in [2.05, 4.69) is 9.98 Å². The van der Waals surface area contributed by atoms with E-state index in [0.717, 1.165) is 12.3 Å². The molecule has 0 unspecified atom stereocenters. The lowest BCUT2D eigenvalue weighted by atomic mass is 10.3. The van der Waals surface area contributed by atoms with Gasteiger partial charge in [0.25, 0.3) is 0 Å². The second kappa shape index (κ2) is 6.31. The van der Waals surface area contributed by atoms with Crippen molar-refractivity contribution in [3.63, 3.8) is 0 Å². The molecular formula is C10H14N2O. The molecule has 0 atom stereocenters. The monoisotopic (exact) mass is 178 g/mol. The summed E-state index contributed by atoms with van der Waals surface area (Å²) in [4.78, 5) is 8.31. The zero-order chi connectivity index (χ0) is 9.36. The lowest BCUT2D eigenvalue weighted by Crippen LogP contribution is -1.94. The molecule has 3 heteroatoms. The molecule has 0 aromatic carbocycles. The van der Waals surface area contributed by atoms with Crippen LogP contribution < -0.4 is 0 Å². The normalized spacial score (nSPS) is 10.8. The van der Waals surface area contributed by atoms with Gasteiger partial charge >= 0.3 is 0 Å². The van der Waals surface area contributed by atoms with Gasteiger partial charge in [-0.1, -0.05) is 6.07 Å². The second-order valence-electron chi connectivity index (χ2n) is 2.50. The average molecular weight is 178 g/mol. The molecule has 70 valence electrons. The fourth-order valence-electron chi connectivity index (χ4n) is 0.873. The van der Waals surface area contributed by atoms with Gasteiger partial charge in [0.05, 0.1) is 18.8 Å². The molecule has 0 aliphatic rings. The first-order chi connectivity index (χ1) is 6.43. The molecule has 0 saturated carbocycles. The first-order valence-electron chi connectivity index (χ1n) is 4.39. The van der Waals surface area contributed by atoms with Gasteiger partial charge in [-0.05, 0) is 19.1 Å². The summed E-state index contributed by atoms with van der Waals surface area (Å²) in [6, 6.07) is 5.81. The second-order valence-corrected chi connectivity index (χ2v) is 2.50. The minimum Gasteiger partial charge on any atom is -0.376 e. The Hall–Kier alpha value is -1.22. The van der Waals surface area contributed by atoms with Crippen molar-refractivity contribution in [1.29, 1.82) is 0 Å². The Morgan fingerprint density at radius 2 is 2.46 bits per heavy atom.